The molecule has 50 heavy (non-hydrogen) atoms. The summed E-state index contributed by atoms with van der Waals surface area (Å²) in [7, 11) is 0. The number of alkyl halides is 3. The van der Waals surface area contributed by atoms with Crippen LogP contribution in [0.5, 0.6) is 5.75 Å². The normalized spacial score (nSPS) is 15.5. The lowest BCUT2D eigenvalue weighted by molar-refractivity contribution is -0.141. The summed E-state index contributed by atoms with van der Waals surface area (Å²) < 4.78 is 39.5. The fourth-order valence-corrected chi connectivity index (χ4v) is 7.10. The number of rotatable bonds is 11. The summed E-state index contributed by atoms with van der Waals surface area (Å²) in [5, 5.41) is 17.8. The molecule has 3 aromatic carbocycles. The number of phenols is 1. The van der Waals surface area contributed by atoms with Crippen LogP contribution >= 0.6 is 0 Å². The first kappa shape index (κ1) is 34.6. The van der Waals surface area contributed by atoms with Gasteiger partial charge in [0.15, 0.2) is 0 Å². The Morgan fingerprint density at radius 2 is 1.48 bits per heavy atom. The van der Waals surface area contributed by atoms with Gasteiger partial charge in [0.05, 0.1) is 11.3 Å². The fourth-order valence-electron chi connectivity index (χ4n) is 7.10. The molecule has 12 heteroatoms. The average Bonchev–Trinajstić information content (AvgIpc) is 3.41. The lowest BCUT2D eigenvalue weighted by Gasteiger charge is -2.33. The molecule has 0 atom stereocenters. The zero-order valence-corrected chi connectivity index (χ0v) is 27.3. The number of amides is 3. The number of anilines is 1. The second-order valence-electron chi connectivity index (χ2n) is 12.7. The van der Waals surface area contributed by atoms with Gasteiger partial charge in [0, 0.05) is 25.3 Å². The van der Waals surface area contributed by atoms with Crippen molar-refractivity contribution in [3.63, 3.8) is 0 Å². The van der Waals surface area contributed by atoms with E-state index in [0.717, 1.165) is 48.3 Å². The standard InChI is InChI=1S/C38H38F3N5O4/c39-38(40,41)24-43-36(50)37(29-13-3-1-10-26(29)27-11-2-4-14-30(27)37)19-7-8-21-46-22-17-25(18-23-46)44-35(49)33-28(12-9-20-42-33)34(48)45-31-15-5-6-16-32(31)47/h1-6,9-16,20,25,47H,7-8,17-19,21-24H2,(H,43,50)(H,44,49)(H,45,48). The summed E-state index contributed by atoms with van der Waals surface area (Å²) in [5.74, 6) is -1.76. The summed E-state index contributed by atoms with van der Waals surface area (Å²) in [6, 6.07) is 24.1. The maximum Gasteiger partial charge on any atom is 0.405 e. The van der Waals surface area contributed by atoms with Crippen LogP contribution in [0.1, 0.15) is 64.1 Å². The molecule has 6 rings (SSSR count). The van der Waals surface area contributed by atoms with E-state index in [-0.39, 0.29) is 28.7 Å². The molecule has 1 aromatic heterocycles. The van der Waals surface area contributed by atoms with Crippen LogP contribution in [-0.2, 0) is 10.2 Å². The summed E-state index contributed by atoms with van der Waals surface area (Å²) in [6.45, 7) is 0.783. The summed E-state index contributed by atoms with van der Waals surface area (Å²) in [5.41, 5.74) is 2.25. The van der Waals surface area contributed by atoms with Gasteiger partial charge in [0.1, 0.15) is 23.4 Å². The lowest BCUT2D eigenvalue weighted by atomic mass is 9.73. The molecule has 0 spiro atoms. The zero-order valence-electron chi connectivity index (χ0n) is 27.3. The molecule has 0 bridgehead atoms. The molecule has 2 aliphatic rings. The number of unbranched alkanes of at least 4 members (excludes halogenated alkanes) is 1. The van der Waals surface area contributed by atoms with Crippen molar-refractivity contribution in [2.24, 2.45) is 0 Å². The van der Waals surface area contributed by atoms with Crippen molar-refractivity contribution in [3.05, 3.63) is 114 Å². The molecule has 1 aliphatic heterocycles. The highest BCUT2D eigenvalue weighted by molar-refractivity contribution is 6.11. The number of pyridine rings is 1. The number of hydrogen-bond acceptors (Lipinski definition) is 6. The molecular weight excluding hydrogens is 647 g/mol. The predicted molar refractivity (Wildman–Crippen MR) is 183 cm³/mol. The second kappa shape index (κ2) is 14.7. The molecule has 4 aromatic rings. The summed E-state index contributed by atoms with van der Waals surface area (Å²) in [4.78, 5) is 46.4. The van der Waals surface area contributed by atoms with Crippen LogP contribution in [0.2, 0.25) is 0 Å². The maximum atomic E-state index is 13.7. The Hall–Kier alpha value is -5.23. The molecule has 1 aliphatic carbocycles. The second-order valence-corrected chi connectivity index (χ2v) is 12.7. The predicted octanol–water partition coefficient (Wildman–Crippen LogP) is 6.05. The van der Waals surface area contributed by atoms with E-state index < -0.39 is 35.9 Å². The lowest BCUT2D eigenvalue weighted by Crippen LogP contribution is -2.47. The minimum atomic E-state index is -4.53. The Bertz CT molecular complexity index is 1830. The smallest absolute Gasteiger partial charge is 0.405 e. The highest BCUT2D eigenvalue weighted by Gasteiger charge is 2.49. The molecule has 9 nitrogen and oxygen atoms in total. The first-order chi connectivity index (χ1) is 24.1. The zero-order chi connectivity index (χ0) is 35.3. The van der Waals surface area contributed by atoms with E-state index in [2.05, 4.69) is 25.8 Å². The Kier molecular flexibility index (Phi) is 10.2. The molecule has 0 radical (unpaired) electrons. The van der Waals surface area contributed by atoms with Crippen molar-refractivity contribution in [1.82, 2.24) is 20.5 Å². The first-order valence-electron chi connectivity index (χ1n) is 16.7. The number of likely N-dealkylation sites (tertiary alicyclic amines) is 1. The van der Waals surface area contributed by atoms with Gasteiger partial charge in [-0.1, -0.05) is 67.1 Å². The minimum Gasteiger partial charge on any atom is -0.506 e. The van der Waals surface area contributed by atoms with Crippen molar-refractivity contribution >= 4 is 23.4 Å². The van der Waals surface area contributed by atoms with E-state index in [4.69, 9.17) is 0 Å². The number of hydrogen-bond donors (Lipinski definition) is 4. The highest BCUT2D eigenvalue weighted by atomic mass is 19.4. The molecule has 260 valence electrons. The molecule has 0 saturated carbocycles. The molecule has 0 unspecified atom stereocenters. The molecule has 2 heterocycles. The number of carbonyl (C=O) groups excluding carboxylic acids is 3. The van der Waals surface area contributed by atoms with Gasteiger partial charge in [-0.3, -0.25) is 19.4 Å². The number of nitrogens with one attached hydrogen (secondary N) is 3. The van der Waals surface area contributed by atoms with E-state index >= 15 is 0 Å². The van der Waals surface area contributed by atoms with E-state index in [0.29, 0.717) is 25.7 Å². The number of carbonyl (C=O) groups is 3. The van der Waals surface area contributed by atoms with Gasteiger partial charge in [-0.05, 0) is 78.7 Å². The summed E-state index contributed by atoms with van der Waals surface area (Å²) in [6.07, 6.45) is -0.00175. The Labute approximate surface area is 287 Å². The van der Waals surface area contributed by atoms with Crippen molar-refractivity contribution in [3.8, 4) is 16.9 Å². The highest BCUT2D eigenvalue weighted by Crippen LogP contribution is 2.51. The van der Waals surface area contributed by atoms with E-state index in [1.165, 1.54) is 18.3 Å². The Morgan fingerprint density at radius 3 is 2.14 bits per heavy atom. The number of benzene rings is 3. The van der Waals surface area contributed by atoms with Gasteiger partial charge < -0.3 is 26.0 Å². The maximum absolute atomic E-state index is 13.7. The van der Waals surface area contributed by atoms with Gasteiger partial charge in [-0.15, -0.1) is 0 Å². The quantitative estimate of drug-likeness (QED) is 0.113. The fraction of sp³-hybridized carbons (Fsp3) is 0.316. The molecule has 1 saturated heterocycles. The van der Waals surface area contributed by atoms with Crippen molar-refractivity contribution in [1.29, 1.82) is 0 Å². The average molecular weight is 686 g/mol. The number of fused-ring (bicyclic) bond motifs is 3. The van der Waals surface area contributed by atoms with Crippen LogP contribution < -0.4 is 16.0 Å². The number of piperidine rings is 1. The summed E-state index contributed by atoms with van der Waals surface area (Å²) >= 11 is 0. The van der Waals surface area contributed by atoms with E-state index in [1.54, 1.807) is 24.3 Å². The third-order valence-corrected chi connectivity index (χ3v) is 9.52. The van der Waals surface area contributed by atoms with Crippen LogP contribution in [0.4, 0.5) is 18.9 Å². The number of phenolic OH excluding ortho intramolecular Hbond substituents is 1. The molecule has 3 amide bonds. The van der Waals surface area contributed by atoms with Crippen LogP contribution in [0.3, 0.4) is 0 Å². The van der Waals surface area contributed by atoms with Gasteiger partial charge in [0.25, 0.3) is 11.8 Å². The minimum absolute atomic E-state index is 0.00823. The van der Waals surface area contributed by atoms with E-state index in [9.17, 15) is 32.7 Å². The molecular formula is C38H38F3N5O4. The Morgan fingerprint density at radius 1 is 0.840 bits per heavy atom. The van der Waals surface area contributed by atoms with Gasteiger partial charge in [-0.2, -0.15) is 13.2 Å². The monoisotopic (exact) mass is 685 g/mol. The third-order valence-electron chi connectivity index (χ3n) is 9.52. The Balaban J connectivity index is 1.04. The first-order valence-corrected chi connectivity index (χ1v) is 16.7. The topological polar surface area (TPSA) is 124 Å². The van der Waals surface area contributed by atoms with Gasteiger partial charge in [-0.25, -0.2) is 0 Å². The van der Waals surface area contributed by atoms with E-state index in [1.807, 2.05) is 48.5 Å². The molecule has 4 N–H and O–H groups in total. The molecule has 1 fully saturated rings. The van der Waals surface area contributed by atoms with Crippen molar-refractivity contribution in [2.45, 2.75) is 49.7 Å². The third kappa shape index (κ3) is 7.35. The largest absolute Gasteiger partial charge is 0.506 e. The van der Waals surface area contributed by atoms with Gasteiger partial charge in [0.2, 0.25) is 5.91 Å². The van der Waals surface area contributed by atoms with Crippen molar-refractivity contribution < 1.29 is 32.7 Å². The number of aromatic nitrogens is 1. The van der Waals surface area contributed by atoms with Crippen LogP contribution in [0.15, 0.2) is 91.1 Å². The van der Waals surface area contributed by atoms with Crippen molar-refractivity contribution in [2.75, 3.05) is 31.5 Å². The number of halogens is 3. The van der Waals surface area contributed by atoms with Crippen LogP contribution in [0.25, 0.3) is 11.1 Å². The number of nitrogens with zero attached hydrogens (tertiary/aromatic N) is 2. The number of aromatic hydroxyl groups is 1. The SMILES string of the molecule is O=C(Nc1ccccc1O)c1cccnc1C(=O)NC1CCN(CCCCC2(C(=O)NCC(F)(F)F)c3ccccc3-c3ccccc32)CC1. The van der Waals surface area contributed by atoms with Crippen LogP contribution in [0, 0.1) is 0 Å². The van der Waals surface area contributed by atoms with Crippen LogP contribution in [-0.4, -0.2) is 71.1 Å². The van der Waals surface area contributed by atoms with Gasteiger partial charge >= 0.3 is 6.18 Å². The number of para-hydroxylation sites is 2.